The Bertz CT molecular complexity index is 1050. The predicted molar refractivity (Wildman–Crippen MR) is 95.0 cm³/mol. The summed E-state index contributed by atoms with van der Waals surface area (Å²) in [6, 6.07) is 5.42. The molecule has 7 nitrogen and oxygen atoms in total. The number of aromatic amines is 1. The number of sulfonamides is 1. The summed E-state index contributed by atoms with van der Waals surface area (Å²) < 4.78 is 34.1. The first-order valence-corrected chi connectivity index (χ1v) is 9.27. The van der Waals surface area contributed by atoms with Gasteiger partial charge in [-0.05, 0) is 51.0 Å². The normalized spacial score (nSPS) is 11.7. The number of H-pyrrole nitrogens is 1. The monoisotopic (exact) mass is 360 g/mol. The number of aromatic nitrogens is 3. The van der Waals surface area contributed by atoms with Gasteiger partial charge in [0.2, 0.25) is 5.89 Å². The van der Waals surface area contributed by atoms with Crippen molar-refractivity contribution in [3.05, 3.63) is 46.6 Å². The molecular weight excluding hydrogens is 340 g/mol. The lowest BCUT2D eigenvalue weighted by Crippen LogP contribution is -2.14. The maximum atomic E-state index is 13.0. The summed E-state index contributed by atoms with van der Waals surface area (Å²) in [5.74, 6) is 0.554. The summed E-state index contributed by atoms with van der Waals surface area (Å²) >= 11 is 0. The van der Waals surface area contributed by atoms with Crippen molar-refractivity contribution >= 4 is 15.7 Å². The molecule has 0 aliphatic rings. The van der Waals surface area contributed by atoms with Gasteiger partial charge in [0.25, 0.3) is 15.9 Å². The molecule has 0 aliphatic carbocycles. The third-order valence-electron chi connectivity index (χ3n) is 4.09. The number of aryl methyl sites for hydroxylation is 5. The fraction of sp³-hybridized carbons (Fsp3) is 0.294. The third kappa shape index (κ3) is 3.17. The topological polar surface area (TPSA) is 101 Å². The highest BCUT2D eigenvalue weighted by atomic mass is 32.2. The van der Waals surface area contributed by atoms with Gasteiger partial charge in [-0.2, -0.15) is 0 Å². The summed E-state index contributed by atoms with van der Waals surface area (Å²) in [7, 11) is -3.83. The van der Waals surface area contributed by atoms with E-state index >= 15 is 0 Å². The highest BCUT2D eigenvalue weighted by Crippen LogP contribution is 2.33. The first-order valence-electron chi connectivity index (χ1n) is 7.79. The van der Waals surface area contributed by atoms with Crippen LogP contribution in [0.5, 0.6) is 0 Å². The second-order valence-electron chi connectivity index (χ2n) is 6.11. The van der Waals surface area contributed by atoms with Gasteiger partial charge in [0.05, 0.1) is 5.56 Å². The molecule has 0 saturated carbocycles. The standard InChI is InChI=1S/C17H20N4O3S/c1-9-6-7-14(8-10(9)2)21-25(22,23)16-12(4)18-11(3)15(16)17-20-19-13(5)24-17/h6-8,18,21H,1-5H3. The van der Waals surface area contributed by atoms with Crippen molar-refractivity contribution in [1.29, 1.82) is 0 Å². The molecule has 0 bridgehead atoms. The van der Waals surface area contributed by atoms with Crippen LogP contribution in [-0.4, -0.2) is 23.6 Å². The van der Waals surface area contributed by atoms with Crippen LogP contribution in [0, 0.1) is 34.6 Å². The van der Waals surface area contributed by atoms with E-state index < -0.39 is 10.0 Å². The first kappa shape index (κ1) is 17.2. The minimum atomic E-state index is -3.83. The fourth-order valence-corrected chi connectivity index (χ4v) is 4.26. The molecule has 0 atom stereocenters. The third-order valence-corrected chi connectivity index (χ3v) is 5.64. The van der Waals surface area contributed by atoms with Gasteiger partial charge >= 0.3 is 0 Å². The Morgan fingerprint density at radius 3 is 2.32 bits per heavy atom. The van der Waals surface area contributed by atoms with Crippen LogP contribution in [0.1, 0.15) is 28.4 Å². The number of nitrogens with one attached hydrogen (secondary N) is 2. The molecule has 0 fully saturated rings. The molecule has 3 aromatic rings. The van der Waals surface area contributed by atoms with E-state index in [1.165, 1.54) is 0 Å². The number of anilines is 1. The minimum Gasteiger partial charge on any atom is -0.421 e. The molecule has 0 amide bonds. The largest absolute Gasteiger partial charge is 0.421 e. The van der Waals surface area contributed by atoms with Gasteiger partial charge in [-0.15, -0.1) is 10.2 Å². The Balaban J connectivity index is 2.10. The highest BCUT2D eigenvalue weighted by Gasteiger charge is 2.29. The zero-order chi connectivity index (χ0) is 18.4. The first-order chi connectivity index (χ1) is 11.7. The van der Waals surface area contributed by atoms with Crippen molar-refractivity contribution in [2.24, 2.45) is 0 Å². The average Bonchev–Trinajstić information content (AvgIpc) is 3.05. The van der Waals surface area contributed by atoms with Crippen LogP contribution in [0.15, 0.2) is 27.5 Å². The average molecular weight is 360 g/mol. The predicted octanol–water partition coefficient (Wildman–Crippen LogP) is 3.41. The lowest BCUT2D eigenvalue weighted by atomic mass is 10.1. The maximum Gasteiger partial charge on any atom is 0.264 e. The number of benzene rings is 1. The zero-order valence-corrected chi connectivity index (χ0v) is 15.6. The number of rotatable bonds is 4. The SMILES string of the molecule is Cc1nnc(-c2c(C)[nH]c(C)c2S(=O)(=O)Nc2ccc(C)c(C)c2)o1. The lowest BCUT2D eigenvalue weighted by molar-refractivity contribution is 0.531. The van der Waals surface area contributed by atoms with Crippen molar-refractivity contribution in [2.75, 3.05) is 4.72 Å². The summed E-state index contributed by atoms with van der Waals surface area (Å²) in [6.07, 6.45) is 0. The van der Waals surface area contributed by atoms with Gasteiger partial charge in [-0.1, -0.05) is 6.07 Å². The van der Waals surface area contributed by atoms with Gasteiger partial charge in [0.1, 0.15) is 4.90 Å². The molecule has 0 spiro atoms. The molecule has 2 heterocycles. The van der Waals surface area contributed by atoms with Crippen molar-refractivity contribution in [2.45, 2.75) is 39.5 Å². The quantitative estimate of drug-likeness (QED) is 0.742. The second kappa shape index (κ2) is 6.03. The molecule has 2 aromatic heterocycles. The summed E-state index contributed by atoms with van der Waals surface area (Å²) in [4.78, 5) is 3.17. The molecule has 8 heteroatoms. The number of nitrogens with zero attached hydrogens (tertiary/aromatic N) is 2. The second-order valence-corrected chi connectivity index (χ2v) is 7.73. The number of hydrogen-bond acceptors (Lipinski definition) is 5. The maximum absolute atomic E-state index is 13.0. The van der Waals surface area contributed by atoms with Crippen LogP contribution in [0.25, 0.3) is 11.5 Å². The molecule has 3 rings (SSSR count). The van der Waals surface area contributed by atoms with Crippen LogP contribution < -0.4 is 4.72 Å². The van der Waals surface area contributed by atoms with Gasteiger partial charge in [-0.25, -0.2) is 8.42 Å². The van der Waals surface area contributed by atoms with E-state index in [2.05, 4.69) is 19.9 Å². The van der Waals surface area contributed by atoms with Gasteiger partial charge < -0.3 is 9.40 Å². The zero-order valence-electron chi connectivity index (χ0n) is 14.8. The van der Waals surface area contributed by atoms with E-state index in [1.54, 1.807) is 32.9 Å². The van der Waals surface area contributed by atoms with E-state index in [1.807, 2.05) is 19.9 Å². The molecule has 2 N–H and O–H groups in total. The molecule has 0 saturated heterocycles. The van der Waals surface area contributed by atoms with Crippen LogP contribution in [0.3, 0.4) is 0 Å². The number of hydrogen-bond donors (Lipinski definition) is 2. The van der Waals surface area contributed by atoms with Crippen LogP contribution >= 0.6 is 0 Å². The fourth-order valence-electron chi connectivity index (χ4n) is 2.76. The molecule has 1 aromatic carbocycles. The summed E-state index contributed by atoms with van der Waals surface area (Å²) in [6.45, 7) is 9.05. The Morgan fingerprint density at radius 2 is 1.72 bits per heavy atom. The van der Waals surface area contributed by atoms with Crippen LogP contribution in [0.4, 0.5) is 5.69 Å². The lowest BCUT2D eigenvalue weighted by Gasteiger charge is -2.11. The van der Waals surface area contributed by atoms with Crippen LogP contribution in [-0.2, 0) is 10.0 Å². The summed E-state index contributed by atoms with van der Waals surface area (Å²) in [5.41, 5.74) is 4.18. The van der Waals surface area contributed by atoms with Crippen molar-refractivity contribution in [1.82, 2.24) is 15.2 Å². The van der Waals surface area contributed by atoms with Crippen molar-refractivity contribution in [3.63, 3.8) is 0 Å². The molecule has 0 radical (unpaired) electrons. The molecule has 132 valence electrons. The smallest absolute Gasteiger partial charge is 0.264 e. The van der Waals surface area contributed by atoms with E-state index in [-0.39, 0.29) is 10.8 Å². The van der Waals surface area contributed by atoms with Crippen LogP contribution in [0.2, 0.25) is 0 Å². The van der Waals surface area contributed by atoms with Crippen molar-refractivity contribution in [3.8, 4) is 11.5 Å². The van der Waals surface area contributed by atoms with Gasteiger partial charge in [0, 0.05) is 24.0 Å². The van der Waals surface area contributed by atoms with E-state index in [0.717, 1.165) is 11.1 Å². The van der Waals surface area contributed by atoms with Gasteiger partial charge in [0.15, 0.2) is 0 Å². The molecule has 25 heavy (non-hydrogen) atoms. The highest BCUT2D eigenvalue weighted by molar-refractivity contribution is 7.93. The van der Waals surface area contributed by atoms with Gasteiger partial charge in [-0.3, -0.25) is 4.72 Å². The Labute approximate surface area is 146 Å². The van der Waals surface area contributed by atoms with Crippen molar-refractivity contribution < 1.29 is 12.8 Å². The molecule has 0 unspecified atom stereocenters. The minimum absolute atomic E-state index is 0.117. The Morgan fingerprint density at radius 1 is 1.00 bits per heavy atom. The van der Waals surface area contributed by atoms with E-state index in [0.29, 0.717) is 28.5 Å². The van der Waals surface area contributed by atoms with E-state index in [9.17, 15) is 8.42 Å². The Hall–Kier alpha value is -2.61. The molecule has 0 aliphatic heterocycles. The summed E-state index contributed by atoms with van der Waals surface area (Å²) in [5, 5.41) is 7.76. The Kier molecular flexibility index (Phi) is 4.16. The van der Waals surface area contributed by atoms with E-state index in [4.69, 9.17) is 4.42 Å². The molecular formula is C17H20N4O3S.